The summed E-state index contributed by atoms with van der Waals surface area (Å²) < 4.78 is 6.00. The highest BCUT2D eigenvalue weighted by atomic mass is 16.3. The molecule has 0 spiro atoms. The lowest BCUT2D eigenvalue weighted by molar-refractivity contribution is 0.0950. The lowest BCUT2D eigenvalue weighted by Crippen LogP contribution is -2.44. The van der Waals surface area contributed by atoms with Gasteiger partial charge in [-0.25, -0.2) is 0 Å². The van der Waals surface area contributed by atoms with Crippen LogP contribution in [0.4, 0.5) is 5.69 Å². The minimum atomic E-state index is -0.0609. The molecule has 30 heavy (non-hydrogen) atoms. The highest BCUT2D eigenvalue weighted by Gasteiger charge is 2.20. The summed E-state index contributed by atoms with van der Waals surface area (Å²) in [7, 11) is 2.17. The number of fused-ring (bicyclic) bond motifs is 1. The van der Waals surface area contributed by atoms with Crippen molar-refractivity contribution in [3.63, 3.8) is 0 Å². The third-order valence-corrected chi connectivity index (χ3v) is 5.91. The van der Waals surface area contributed by atoms with Crippen LogP contribution in [0.1, 0.15) is 41.4 Å². The van der Waals surface area contributed by atoms with Crippen LogP contribution in [0.3, 0.4) is 0 Å². The smallest absolute Gasteiger partial charge is 0.255 e. The maximum atomic E-state index is 13.0. The normalized spacial score (nSPS) is 14.9. The zero-order chi connectivity index (χ0) is 20.9. The molecule has 5 heteroatoms. The number of hydrogen-bond donors (Lipinski definition) is 1. The monoisotopic (exact) mass is 405 g/mol. The Morgan fingerprint density at radius 3 is 2.50 bits per heavy atom. The van der Waals surface area contributed by atoms with Gasteiger partial charge in [0.25, 0.3) is 5.91 Å². The molecule has 158 valence electrons. The van der Waals surface area contributed by atoms with Crippen LogP contribution in [-0.4, -0.2) is 44.0 Å². The molecule has 1 fully saturated rings. The van der Waals surface area contributed by atoms with Crippen molar-refractivity contribution in [3.8, 4) is 0 Å². The topological polar surface area (TPSA) is 48.7 Å². The van der Waals surface area contributed by atoms with Crippen LogP contribution in [0.5, 0.6) is 0 Å². The number of nitrogens with zero attached hydrogens (tertiary/aromatic N) is 2. The molecule has 1 aromatic heterocycles. The summed E-state index contributed by atoms with van der Waals surface area (Å²) in [4.78, 5) is 17.8. The molecule has 3 aromatic rings. The summed E-state index contributed by atoms with van der Waals surface area (Å²) in [5, 5.41) is 3.99. The van der Waals surface area contributed by atoms with Crippen LogP contribution in [0.15, 0.2) is 52.9 Å². The molecule has 0 unspecified atom stereocenters. The van der Waals surface area contributed by atoms with E-state index in [2.05, 4.69) is 53.4 Å². The van der Waals surface area contributed by atoms with E-state index < -0.39 is 0 Å². The molecule has 5 nitrogen and oxygen atoms in total. The van der Waals surface area contributed by atoms with Crippen molar-refractivity contribution >= 4 is 22.6 Å². The van der Waals surface area contributed by atoms with Crippen LogP contribution < -0.4 is 10.2 Å². The quantitative estimate of drug-likeness (QED) is 0.631. The van der Waals surface area contributed by atoms with Gasteiger partial charge in [-0.3, -0.25) is 4.79 Å². The molecular formula is C25H31N3O2. The van der Waals surface area contributed by atoms with E-state index in [1.54, 1.807) is 0 Å². The number of carbonyl (C=O) groups is 1. The van der Waals surface area contributed by atoms with Gasteiger partial charge >= 0.3 is 0 Å². The number of carbonyl (C=O) groups excluding carboxylic acids is 1. The zero-order valence-electron chi connectivity index (χ0n) is 18.0. The van der Waals surface area contributed by atoms with Crippen molar-refractivity contribution in [2.45, 2.75) is 32.7 Å². The largest absolute Gasteiger partial charge is 0.460 e. The third-order valence-electron chi connectivity index (χ3n) is 5.91. The minimum absolute atomic E-state index is 0.0609. The molecule has 0 aliphatic carbocycles. The molecular weight excluding hydrogens is 374 g/mol. The van der Waals surface area contributed by atoms with Crippen LogP contribution in [0, 0.1) is 0 Å². The molecule has 1 aliphatic rings. The molecule has 0 radical (unpaired) electrons. The fraction of sp³-hybridized carbons (Fsp3) is 0.400. The number of anilines is 1. The van der Waals surface area contributed by atoms with Gasteiger partial charge in [0.1, 0.15) is 11.3 Å². The molecule has 2 heterocycles. The third kappa shape index (κ3) is 4.51. The molecule has 0 saturated carbocycles. The molecule has 1 amide bonds. The van der Waals surface area contributed by atoms with E-state index in [9.17, 15) is 4.79 Å². The second kappa shape index (κ2) is 9.35. The van der Waals surface area contributed by atoms with Gasteiger partial charge in [-0.1, -0.05) is 43.7 Å². The fourth-order valence-corrected chi connectivity index (χ4v) is 4.02. The summed E-state index contributed by atoms with van der Waals surface area (Å²) in [6.07, 6.45) is 2.86. The molecule has 1 N–H and O–H groups in total. The van der Waals surface area contributed by atoms with Gasteiger partial charge in [0.15, 0.2) is 0 Å². The predicted molar refractivity (Wildman–Crippen MR) is 122 cm³/mol. The van der Waals surface area contributed by atoms with E-state index in [0.717, 1.165) is 67.7 Å². The van der Waals surface area contributed by atoms with E-state index >= 15 is 0 Å². The number of furan rings is 1. The number of amides is 1. The molecule has 2 aromatic carbocycles. The van der Waals surface area contributed by atoms with Crippen molar-refractivity contribution in [2.75, 3.05) is 38.1 Å². The number of hydrogen-bond acceptors (Lipinski definition) is 4. The minimum Gasteiger partial charge on any atom is -0.460 e. The second-order valence-corrected chi connectivity index (χ2v) is 8.14. The standard InChI is InChI=1S/C25H31N3O2/c1-3-4-8-23-24(21-7-5-6-9-22(21)30-23)25(29)26-18-19-10-12-20(13-11-19)28-16-14-27(2)15-17-28/h5-7,9-13H,3-4,8,14-18H2,1-2H3,(H,26,29). The molecule has 1 aliphatic heterocycles. The lowest BCUT2D eigenvalue weighted by Gasteiger charge is -2.34. The van der Waals surface area contributed by atoms with Crippen LogP contribution in [-0.2, 0) is 13.0 Å². The van der Waals surface area contributed by atoms with E-state index in [0.29, 0.717) is 12.1 Å². The van der Waals surface area contributed by atoms with Crippen molar-refractivity contribution in [1.82, 2.24) is 10.2 Å². The van der Waals surface area contributed by atoms with Gasteiger partial charge in [-0.15, -0.1) is 0 Å². The number of piperazine rings is 1. The Hall–Kier alpha value is -2.79. The lowest BCUT2D eigenvalue weighted by atomic mass is 10.1. The average molecular weight is 406 g/mol. The van der Waals surface area contributed by atoms with E-state index in [1.165, 1.54) is 5.69 Å². The summed E-state index contributed by atoms with van der Waals surface area (Å²) in [5.74, 6) is 0.732. The van der Waals surface area contributed by atoms with Crippen molar-refractivity contribution < 1.29 is 9.21 Å². The Kier molecular flexibility index (Phi) is 6.38. The summed E-state index contributed by atoms with van der Waals surface area (Å²) in [6, 6.07) is 16.3. The van der Waals surface area contributed by atoms with Gasteiger partial charge < -0.3 is 19.5 Å². The first-order valence-corrected chi connectivity index (χ1v) is 11.0. The summed E-state index contributed by atoms with van der Waals surface area (Å²) in [6.45, 7) is 6.96. The maximum absolute atomic E-state index is 13.0. The van der Waals surface area contributed by atoms with Gasteiger partial charge in [-0.05, 0) is 37.2 Å². The SMILES string of the molecule is CCCCc1oc2ccccc2c1C(=O)NCc1ccc(N2CCN(C)CC2)cc1. The Morgan fingerprint density at radius 1 is 1.03 bits per heavy atom. The Bertz CT molecular complexity index is 985. The van der Waals surface area contributed by atoms with Gasteiger partial charge in [0.05, 0.1) is 5.56 Å². The van der Waals surface area contributed by atoms with Crippen LogP contribution in [0.25, 0.3) is 11.0 Å². The molecule has 4 rings (SSSR count). The van der Waals surface area contributed by atoms with Crippen molar-refractivity contribution in [3.05, 3.63) is 65.4 Å². The first-order valence-electron chi connectivity index (χ1n) is 11.0. The first-order chi connectivity index (χ1) is 14.7. The number of benzene rings is 2. The number of rotatable bonds is 7. The number of para-hydroxylation sites is 1. The average Bonchev–Trinajstić information content (AvgIpc) is 3.15. The van der Waals surface area contributed by atoms with Gasteiger partial charge in [0, 0.05) is 50.2 Å². The molecule has 0 bridgehead atoms. The zero-order valence-corrected chi connectivity index (χ0v) is 18.0. The fourth-order valence-electron chi connectivity index (χ4n) is 4.02. The number of nitrogens with one attached hydrogen (secondary N) is 1. The highest BCUT2D eigenvalue weighted by Crippen LogP contribution is 2.27. The number of likely N-dealkylation sites (N-methyl/N-ethyl adjacent to an activating group) is 1. The van der Waals surface area contributed by atoms with Gasteiger partial charge in [0.2, 0.25) is 0 Å². The Labute approximate surface area is 178 Å². The first kappa shape index (κ1) is 20.5. The van der Waals surface area contributed by atoms with Crippen molar-refractivity contribution in [1.29, 1.82) is 0 Å². The second-order valence-electron chi connectivity index (χ2n) is 8.14. The van der Waals surface area contributed by atoms with E-state index in [-0.39, 0.29) is 5.91 Å². The van der Waals surface area contributed by atoms with Crippen LogP contribution in [0.2, 0.25) is 0 Å². The van der Waals surface area contributed by atoms with Crippen LogP contribution >= 0.6 is 0 Å². The summed E-state index contributed by atoms with van der Waals surface area (Å²) in [5.41, 5.74) is 3.82. The Morgan fingerprint density at radius 2 is 1.77 bits per heavy atom. The van der Waals surface area contributed by atoms with Gasteiger partial charge in [-0.2, -0.15) is 0 Å². The highest BCUT2D eigenvalue weighted by molar-refractivity contribution is 6.07. The summed E-state index contributed by atoms with van der Waals surface area (Å²) >= 11 is 0. The number of aryl methyl sites for hydroxylation is 1. The van der Waals surface area contributed by atoms with E-state index in [4.69, 9.17) is 4.42 Å². The molecule has 0 atom stereocenters. The Balaban J connectivity index is 1.43. The van der Waals surface area contributed by atoms with E-state index in [1.807, 2.05) is 24.3 Å². The van der Waals surface area contributed by atoms with Crippen molar-refractivity contribution in [2.24, 2.45) is 0 Å². The predicted octanol–water partition coefficient (Wildman–Crippen LogP) is 4.46. The maximum Gasteiger partial charge on any atom is 0.255 e. The number of unbranched alkanes of at least 4 members (excludes halogenated alkanes) is 1. The molecule has 1 saturated heterocycles.